The molecule has 0 amide bonds. The Morgan fingerprint density at radius 1 is 1.42 bits per heavy atom. The van der Waals surface area contributed by atoms with E-state index in [0.29, 0.717) is 16.8 Å². The van der Waals surface area contributed by atoms with E-state index in [1.165, 1.54) is 25.3 Å². The van der Waals surface area contributed by atoms with Crippen LogP contribution in [0.3, 0.4) is 0 Å². The van der Waals surface area contributed by atoms with Gasteiger partial charge < -0.3 is 5.11 Å². The Morgan fingerprint density at radius 3 is 2.89 bits per heavy atom. The second-order valence-electron chi connectivity index (χ2n) is 5.72. The molecular formula is C16H22BrFO. The van der Waals surface area contributed by atoms with E-state index in [-0.39, 0.29) is 11.9 Å². The molecule has 1 aliphatic carbocycles. The first-order valence-electron chi connectivity index (χ1n) is 7.22. The molecule has 1 aromatic carbocycles. The van der Waals surface area contributed by atoms with E-state index in [9.17, 15) is 9.50 Å². The lowest BCUT2D eigenvalue weighted by Gasteiger charge is -2.31. The molecule has 0 saturated heterocycles. The van der Waals surface area contributed by atoms with E-state index in [0.717, 1.165) is 24.3 Å². The third-order valence-electron chi connectivity index (χ3n) is 4.37. The predicted molar refractivity (Wildman–Crippen MR) is 79.5 cm³/mol. The van der Waals surface area contributed by atoms with Gasteiger partial charge in [0.2, 0.25) is 0 Å². The molecule has 19 heavy (non-hydrogen) atoms. The summed E-state index contributed by atoms with van der Waals surface area (Å²) < 4.78 is 13.7. The predicted octanol–water partition coefficient (Wildman–Crippen LogP) is 4.71. The number of hydrogen-bond donors (Lipinski definition) is 1. The highest BCUT2D eigenvalue weighted by Gasteiger charge is 2.26. The maximum absolute atomic E-state index is 13.2. The lowest BCUT2D eigenvalue weighted by Crippen LogP contribution is -2.28. The van der Waals surface area contributed by atoms with Crippen LogP contribution in [0.5, 0.6) is 0 Å². The number of halogens is 2. The molecule has 106 valence electrons. The zero-order chi connectivity index (χ0) is 13.8. The molecule has 0 aromatic heterocycles. The van der Waals surface area contributed by atoms with Crippen molar-refractivity contribution in [1.82, 2.24) is 0 Å². The molecule has 3 heteroatoms. The van der Waals surface area contributed by atoms with E-state index < -0.39 is 0 Å². The van der Waals surface area contributed by atoms with Crippen LogP contribution in [0.2, 0.25) is 0 Å². The third-order valence-corrected chi connectivity index (χ3v) is 4.98. The first kappa shape index (κ1) is 15.0. The summed E-state index contributed by atoms with van der Waals surface area (Å²) in [5.74, 6) is 0.929. The van der Waals surface area contributed by atoms with Crippen molar-refractivity contribution in [3.63, 3.8) is 0 Å². The molecule has 1 aromatic rings. The standard InChI is InChI=1S/C16H22BrFO/c1-2-11-4-3-5-13(8-11)16(19)10-12-6-7-15(18)14(17)9-12/h6-7,9,11,13,16,19H,2-5,8,10H2,1H3. The number of aliphatic hydroxyl groups is 1. The SMILES string of the molecule is CCC1CCCC(C(O)Cc2ccc(F)c(Br)c2)C1. The Labute approximate surface area is 123 Å². The van der Waals surface area contributed by atoms with Crippen molar-refractivity contribution in [2.75, 3.05) is 0 Å². The molecule has 1 fully saturated rings. The first-order chi connectivity index (χ1) is 9.10. The minimum absolute atomic E-state index is 0.248. The maximum atomic E-state index is 13.2. The molecule has 0 bridgehead atoms. The zero-order valence-electron chi connectivity index (χ0n) is 11.4. The first-order valence-corrected chi connectivity index (χ1v) is 8.01. The van der Waals surface area contributed by atoms with Crippen LogP contribution in [-0.2, 0) is 6.42 Å². The van der Waals surface area contributed by atoms with Crippen molar-refractivity contribution >= 4 is 15.9 Å². The summed E-state index contributed by atoms with van der Waals surface area (Å²) in [5.41, 5.74) is 0.999. The van der Waals surface area contributed by atoms with Crippen LogP contribution in [-0.4, -0.2) is 11.2 Å². The summed E-state index contributed by atoms with van der Waals surface area (Å²) in [6.07, 6.45) is 6.34. The Balaban J connectivity index is 1.96. The molecule has 1 nitrogen and oxygen atoms in total. The van der Waals surface area contributed by atoms with E-state index in [4.69, 9.17) is 0 Å². The monoisotopic (exact) mass is 328 g/mol. The van der Waals surface area contributed by atoms with Gasteiger partial charge in [0.1, 0.15) is 5.82 Å². The van der Waals surface area contributed by atoms with Crippen LogP contribution in [0.4, 0.5) is 4.39 Å². The van der Waals surface area contributed by atoms with Crippen molar-refractivity contribution in [2.45, 2.75) is 51.6 Å². The molecule has 1 N–H and O–H groups in total. The summed E-state index contributed by atoms with van der Waals surface area (Å²) in [6.45, 7) is 2.23. The summed E-state index contributed by atoms with van der Waals surface area (Å²) >= 11 is 3.20. The van der Waals surface area contributed by atoms with Crippen molar-refractivity contribution in [1.29, 1.82) is 0 Å². The van der Waals surface area contributed by atoms with Gasteiger partial charge in [-0.25, -0.2) is 4.39 Å². The second-order valence-corrected chi connectivity index (χ2v) is 6.58. The van der Waals surface area contributed by atoms with Crippen LogP contribution in [0.15, 0.2) is 22.7 Å². The zero-order valence-corrected chi connectivity index (χ0v) is 13.0. The Hall–Kier alpha value is -0.410. The number of benzene rings is 1. The van der Waals surface area contributed by atoms with E-state index in [1.54, 1.807) is 12.1 Å². The molecule has 1 aliphatic rings. The topological polar surface area (TPSA) is 20.2 Å². The van der Waals surface area contributed by atoms with E-state index in [2.05, 4.69) is 22.9 Å². The highest BCUT2D eigenvalue weighted by molar-refractivity contribution is 9.10. The van der Waals surface area contributed by atoms with Gasteiger partial charge in [-0.05, 0) is 64.7 Å². The normalized spacial score (nSPS) is 25.3. The highest BCUT2D eigenvalue weighted by atomic mass is 79.9. The molecule has 0 aliphatic heterocycles. The van der Waals surface area contributed by atoms with Gasteiger partial charge in [-0.2, -0.15) is 0 Å². The van der Waals surface area contributed by atoms with Gasteiger partial charge in [0.15, 0.2) is 0 Å². The molecule has 0 heterocycles. The quantitative estimate of drug-likeness (QED) is 0.848. The maximum Gasteiger partial charge on any atom is 0.137 e. The van der Waals surface area contributed by atoms with Crippen LogP contribution in [0, 0.1) is 17.7 Å². The third kappa shape index (κ3) is 4.03. The molecular weight excluding hydrogens is 307 g/mol. The van der Waals surface area contributed by atoms with Crippen LogP contribution < -0.4 is 0 Å². The van der Waals surface area contributed by atoms with Gasteiger partial charge in [-0.3, -0.25) is 0 Å². The fourth-order valence-electron chi connectivity index (χ4n) is 3.13. The lowest BCUT2D eigenvalue weighted by molar-refractivity contribution is 0.0685. The Kier molecular flexibility index (Phi) is 5.40. The number of hydrogen-bond acceptors (Lipinski definition) is 1. The summed E-state index contributed by atoms with van der Waals surface area (Å²) in [7, 11) is 0. The Morgan fingerprint density at radius 2 is 2.21 bits per heavy atom. The van der Waals surface area contributed by atoms with Gasteiger partial charge in [-0.1, -0.05) is 32.3 Å². The second kappa shape index (κ2) is 6.85. The number of rotatable bonds is 4. The average Bonchev–Trinajstić information content (AvgIpc) is 2.43. The lowest BCUT2D eigenvalue weighted by atomic mass is 9.76. The van der Waals surface area contributed by atoms with Gasteiger partial charge >= 0.3 is 0 Å². The molecule has 3 atom stereocenters. The van der Waals surface area contributed by atoms with Gasteiger partial charge in [-0.15, -0.1) is 0 Å². The van der Waals surface area contributed by atoms with E-state index >= 15 is 0 Å². The fourth-order valence-corrected chi connectivity index (χ4v) is 3.55. The molecule has 0 radical (unpaired) electrons. The van der Waals surface area contributed by atoms with Crippen molar-refractivity contribution in [3.05, 3.63) is 34.1 Å². The van der Waals surface area contributed by atoms with Crippen molar-refractivity contribution in [2.24, 2.45) is 11.8 Å². The van der Waals surface area contributed by atoms with Crippen molar-refractivity contribution in [3.8, 4) is 0 Å². The molecule has 2 rings (SSSR count). The molecule has 0 spiro atoms. The minimum Gasteiger partial charge on any atom is -0.392 e. The Bertz CT molecular complexity index is 421. The highest BCUT2D eigenvalue weighted by Crippen LogP contribution is 2.34. The summed E-state index contributed by atoms with van der Waals surface area (Å²) in [4.78, 5) is 0. The van der Waals surface area contributed by atoms with Crippen LogP contribution >= 0.6 is 15.9 Å². The minimum atomic E-state index is -0.299. The number of aliphatic hydroxyl groups excluding tert-OH is 1. The smallest absolute Gasteiger partial charge is 0.137 e. The van der Waals surface area contributed by atoms with Gasteiger partial charge in [0.05, 0.1) is 10.6 Å². The van der Waals surface area contributed by atoms with Gasteiger partial charge in [0, 0.05) is 0 Å². The fraction of sp³-hybridized carbons (Fsp3) is 0.625. The summed E-state index contributed by atoms with van der Waals surface area (Å²) in [5, 5.41) is 10.4. The van der Waals surface area contributed by atoms with Gasteiger partial charge in [0.25, 0.3) is 0 Å². The summed E-state index contributed by atoms with van der Waals surface area (Å²) in [6, 6.07) is 5.00. The van der Waals surface area contributed by atoms with Crippen LogP contribution in [0.1, 0.15) is 44.6 Å². The van der Waals surface area contributed by atoms with Crippen molar-refractivity contribution < 1.29 is 9.50 Å². The molecule has 1 saturated carbocycles. The largest absolute Gasteiger partial charge is 0.392 e. The molecule has 3 unspecified atom stereocenters. The van der Waals surface area contributed by atoms with Crippen LogP contribution in [0.25, 0.3) is 0 Å². The van der Waals surface area contributed by atoms with E-state index in [1.807, 2.05) is 0 Å². The average molecular weight is 329 g/mol.